The van der Waals surface area contributed by atoms with Gasteiger partial charge in [-0.2, -0.15) is 0 Å². The van der Waals surface area contributed by atoms with E-state index in [-0.39, 0.29) is 22.7 Å². The number of nitro benzene ring substituents is 1. The van der Waals surface area contributed by atoms with Crippen LogP contribution < -0.4 is 0 Å². The molecule has 0 bridgehead atoms. The van der Waals surface area contributed by atoms with Crippen LogP contribution in [0.25, 0.3) is 23.2 Å². The summed E-state index contributed by atoms with van der Waals surface area (Å²) >= 11 is 1.28. The van der Waals surface area contributed by atoms with Crippen LogP contribution in [0, 0.1) is 10.1 Å². The second kappa shape index (κ2) is 7.61. The Morgan fingerprint density at radius 2 is 1.64 bits per heavy atom. The fourth-order valence-electron chi connectivity index (χ4n) is 2.46. The Labute approximate surface area is 163 Å². The highest BCUT2D eigenvalue weighted by molar-refractivity contribution is 7.99. The summed E-state index contributed by atoms with van der Waals surface area (Å²) in [6.07, 6.45) is 0. The molecular formula is C18H13N5O4S. The van der Waals surface area contributed by atoms with Gasteiger partial charge in [-0.3, -0.25) is 10.1 Å². The van der Waals surface area contributed by atoms with Gasteiger partial charge in [-0.15, -0.1) is 20.4 Å². The van der Waals surface area contributed by atoms with Crippen molar-refractivity contribution in [2.45, 2.75) is 17.4 Å². The van der Waals surface area contributed by atoms with E-state index in [1.807, 2.05) is 43.3 Å². The molecule has 2 heterocycles. The summed E-state index contributed by atoms with van der Waals surface area (Å²) in [4.78, 5) is 10.5. The molecule has 4 rings (SSSR count). The van der Waals surface area contributed by atoms with Gasteiger partial charge in [-0.05, 0) is 24.6 Å². The minimum Gasteiger partial charge on any atom is -0.412 e. The third kappa shape index (κ3) is 3.76. The number of benzene rings is 2. The van der Waals surface area contributed by atoms with Crippen molar-refractivity contribution in [1.82, 2.24) is 20.4 Å². The monoisotopic (exact) mass is 395 g/mol. The second-order valence-corrected chi connectivity index (χ2v) is 7.06. The van der Waals surface area contributed by atoms with E-state index < -0.39 is 4.92 Å². The van der Waals surface area contributed by atoms with Gasteiger partial charge in [0.05, 0.1) is 4.92 Å². The molecule has 0 radical (unpaired) electrons. The van der Waals surface area contributed by atoms with Crippen LogP contribution in [0.3, 0.4) is 0 Å². The van der Waals surface area contributed by atoms with Gasteiger partial charge in [0.2, 0.25) is 5.89 Å². The van der Waals surface area contributed by atoms with Crippen molar-refractivity contribution in [3.8, 4) is 23.2 Å². The molecule has 9 nitrogen and oxygen atoms in total. The highest BCUT2D eigenvalue weighted by Crippen LogP contribution is 2.36. The summed E-state index contributed by atoms with van der Waals surface area (Å²) in [5.74, 6) is 0.595. The Morgan fingerprint density at radius 3 is 2.43 bits per heavy atom. The fraction of sp³-hybridized carbons (Fsp3) is 0.111. The summed E-state index contributed by atoms with van der Waals surface area (Å²) in [5, 5.41) is 27.0. The molecule has 0 fully saturated rings. The van der Waals surface area contributed by atoms with Crippen molar-refractivity contribution in [2.24, 2.45) is 0 Å². The van der Waals surface area contributed by atoms with E-state index in [0.717, 1.165) is 11.1 Å². The van der Waals surface area contributed by atoms with Gasteiger partial charge in [-0.1, -0.05) is 42.1 Å². The van der Waals surface area contributed by atoms with E-state index in [4.69, 9.17) is 8.83 Å². The molecule has 2 aromatic heterocycles. The Bertz CT molecular complexity index is 1110. The molecule has 2 aromatic carbocycles. The molecule has 0 N–H and O–H groups in total. The van der Waals surface area contributed by atoms with Gasteiger partial charge in [0.15, 0.2) is 0 Å². The molecule has 4 aromatic rings. The Balaban J connectivity index is 1.50. The molecule has 1 atom stereocenters. The smallest absolute Gasteiger partial charge is 0.306 e. The first-order valence-corrected chi connectivity index (χ1v) is 9.12. The third-order valence-corrected chi connectivity index (χ3v) is 4.86. The summed E-state index contributed by atoms with van der Waals surface area (Å²) < 4.78 is 11.2. The maximum Gasteiger partial charge on any atom is 0.306 e. The number of rotatable bonds is 6. The number of non-ortho nitro benzene ring substituents is 1. The van der Waals surface area contributed by atoms with Crippen molar-refractivity contribution >= 4 is 17.4 Å². The van der Waals surface area contributed by atoms with Gasteiger partial charge in [0, 0.05) is 22.9 Å². The van der Waals surface area contributed by atoms with Gasteiger partial charge in [0.1, 0.15) is 0 Å². The zero-order valence-corrected chi connectivity index (χ0v) is 15.4. The van der Waals surface area contributed by atoms with Crippen LogP contribution in [0.1, 0.15) is 17.7 Å². The van der Waals surface area contributed by atoms with Crippen LogP contribution in [0.5, 0.6) is 0 Å². The maximum atomic E-state index is 10.9. The Kier molecular flexibility index (Phi) is 4.85. The molecule has 0 aliphatic rings. The van der Waals surface area contributed by atoms with Crippen LogP contribution in [-0.4, -0.2) is 25.3 Å². The Hall–Kier alpha value is -3.53. The highest BCUT2D eigenvalue weighted by Gasteiger charge is 2.19. The number of hydrogen-bond acceptors (Lipinski definition) is 9. The van der Waals surface area contributed by atoms with Crippen molar-refractivity contribution in [3.63, 3.8) is 0 Å². The maximum absolute atomic E-state index is 10.9. The molecule has 0 saturated heterocycles. The lowest BCUT2D eigenvalue weighted by Gasteiger charge is -2.07. The Morgan fingerprint density at radius 1 is 0.929 bits per heavy atom. The van der Waals surface area contributed by atoms with Crippen LogP contribution >= 0.6 is 11.8 Å². The lowest BCUT2D eigenvalue weighted by Crippen LogP contribution is -1.92. The number of nitro groups is 1. The number of aromatic nitrogens is 4. The summed E-state index contributed by atoms with van der Waals surface area (Å²) in [7, 11) is 0. The van der Waals surface area contributed by atoms with E-state index in [1.165, 1.54) is 23.9 Å². The summed E-state index contributed by atoms with van der Waals surface area (Å²) in [6, 6.07) is 15.8. The largest absolute Gasteiger partial charge is 0.412 e. The minimum atomic E-state index is -0.425. The molecule has 10 heteroatoms. The third-order valence-electron chi connectivity index (χ3n) is 3.86. The minimum absolute atomic E-state index is 0.0375. The predicted molar refractivity (Wildman–Crippen MR) is 100 cm³/mol. The average Bonchev–Trinajstić information content (AvgIpc) is 3.38. The van der Waals surface area contributed by atoms with E-state index in [2.05, 4.69) is 20.4 Å². The molecular weight excluding hydrogens is 382 g/mol. The summed E-state index contributed by atoms with van der Waals surface area (Å²) in [6.45, 7) is 1.90. The van der Waals surface area contributed by atoms with E-state index in [0.29, 0.717) is 11.1 Å². The van der Waals surface area contributed by atoms with Crippen LogP contribution in [0.4, 0.5) is 5.69 Å². The first-order valence-electron chi connectivity index (χ1n) is 8.24. The zero-order valence-electron chi connectivity index (χ0n) is 14.6. The zero-order chi connectivity index (χ0) is 19.5. The number of thioether (sulfide) groups is 1. The molecule has 0 amide bonds. The first kappa shape index (κ1) is 17.9. The van der Waals surface area contributed by atoms with Gasteiger partial charge >= 0.3 is 11.8 Å². The van der Waals surface area contributed by atoms with Crippen molar-refractivity contribution in [2.75, 3.05) is 0 Å². The molecule has 0 aliphatic carbocycles. The standard InChI is InChI=1S/C18H13N5O4S/c1-11(13-8-5-9-14(10-13)23(24)25)28-18-22-21-17(27-18)16-20-19-15(26-16)12-6-3-2-4-7-12/h2-11H,1H3/t11-/m1/s1. The van der Waals surface area contributed by atoms with Crippen LogP contribution in [-0.2, 0) is 0 Å². The predicted octanol–water partition coefficient (Wildman–Crippen LogP) is 4.55. The first-order chi connectivity index (χ1) is 13.6. The van der Waals surface area contributed by atoms with Gasteiger partial charge < -0.3 is 8.83 Å². The average molecular weight is 395 g/mol. The van der Waals surface area contributed by atoms with E-state index in [9.17, 15) is 10.1 Å². The lowest BCUT2D eigenvalue weighted by molar-refractivity contribution is -0.384. The molecule has 28 heavy (non-hydrogen) atoms. The highest BCUT2D eigenvalue weighted by atomic mass is 32.2. The van der Waals surface area contributed by atoms with Crippen LogP contribution in [0.15, 0.2) is 68.7 Å². The van der Waals surface area contributed by atoms with Gasteiger partial charge in [-0.25, -0.2) is 0 Å². The van der Waals surface area contributed by atoms with Crippen molar-refractivity contribution in [1.29, 1.82) is 0 Å². The van der Waals surface area contributed by atoms with E-state index >= 15 is 0 Å². The molecule has 0 unspecified atom stereocenters. The van der Waals surface area contributed by atoms with Crippen molar-refractivity contribution < 1.29 is 13.8 Å². The van der Waals surface area contributed by atoms with E-state index in [1.54, 1.807) is 6.07 Å². The number of nitrogens with zero attached hydrogens (tertiary/aromatic N) is 5. The lowest BCUT2D eigenvalue weighted by atomic mass is 10.1. The molecule has 0 saturated carbocycles. The molecule has 0 spiro atoms. The molecule has 0 aliphatic heterocycles. The summed E-state index contributed by atoms with van der Waals surface area (Å²) in [5.41, 5.74) is 1.60. The quantitative estimate of drug-likeness (QED) is 0.263. The van der Waals surface area contributed by atoms with Crippen molar-refractivity contribution in [3.05, 3.63) is 70.3 Å². The normalized spacial score (nSPS) is 12.0. The SMILES string of the molecule is C[C@@H](Sc1nnc(-c2nnc(-c3ccccc3)o2)o1)c1cccc([N+](=O)[O-])c1. The second-order valence-electron chi connectivity index (χ2n) is 5.76. The van der Waals surface area contributed by atoms with Crippen LogP contribution in [0.2, 0.25) is 0 Å². The molecule has 140 valence electrons. The van der Waals surface area contributed by atoms with Gasteiger partial charge in [0.25, 0.3) is 10.9 Å². The topological polar surface area (TPSA) is 121 Å². The fourth-order valence-corrected chi connectivity index (χ4v) is 3.26. The number of hydrogen-bond donors (Lipinski definition) is 0.